The Labute approximate surface area is 197 Å². The SMILES string of the molecule is C#CCOc1cnc(C(=O)Nc2ccc(F)c(C[C@@](C)(S/C(N)=N\CF)c3c[nH]nn3)c2)cn1. The van der Waals surface area contributed by atoms with Gasteiger partial charge in [-0.3, -0.25) is 9.89 Å². The molecule has 0 unspecified atom stereocenters. The van der Waals surface area contributed by atoms with Crippen molar-refractivity contribution in [2.45, 2.75) is 18.1 Å². The fourth-order valence-electron chi connectivity index (χ4n) is 2.93. The average Bonchev–Trinajstić information content (AvgIpc) is 3.36. The highest BCUT2D eigenvalue weighted by Crippen LogP contribution is 2.39. The number of nitrogens with two attached hydrogens (primary N) is 1. The van der Waals surface area contributed by atoms with Crippen molar-refractivity contribution in [3.05, 3.63) is 59.6 Å². The third-order valence-corrected chi connectivity index (χ3v) is 5.64. The third-order valence-electron chi connectivity index (χ3n) is 4.50. The van der Waals surface area contributed by atoms with Gasteiger partial charge >= 0.3 is 0 Å². The second-order valence-corrected chi connectivity index (χ2v) is 8.50. The molecule has 0 radical (unpaired) electrons. The van der Waals surface area contributed by atoms with Crippen LogP contribution in [0, 0.1) is 18.2 Å². The molecule has 0 spiro atoms. The molecule has 1 amide bonds. The lowest BCUT2D eigenvalue weighted by Gasteiger charge is -2.26. The Balaban J connectivity index is 1.80. The minimum Gasteiger partial charge on any atom is -0.463 e. The van der Waals surface area contributed by atoms with Gasteiger partial charge in [0.05, 0.1) is 22.8 Å². The first-order valence-electron chi connectivity index (χ1n) is 9.74. The van der Waals surface area contributed by atoms with Crippen molar-refractivity contribution >= 4 is 28.5 Å². The maximum atomic E-state index is 14.7. The van der Waals surface area contributed by atoms with Gasteiger partial charge in [-0.15, -0.1) is 11.5 Å². The highest BCUT2D eigenvalue weighted by molar-refractivity contribution is 8.14. The number of halogens is 2. The van der Waals surface area contributed by atoms with E-state index in [0.29, 0.717) is 11.4 Å². The van der Waals surface area contributed by atoms with Crippen LogP contribution in [0.2, 0.25) is 0 Å². The van der Waals surface area contributed by atoms with E-state index in [1.54, 1.807) is 6.92 Å². The first kappa shape index (κ1) is 24.6. The van der Waals surface area contributed by atoms with E-state index in [4.69, 9.17) is 16.9 Å². The standard InChI is InChI=1S/C21H20F2N8O2S/c1-3-6-33-18-11-25-16(9-26-18)19(32)29-14-4-5-15(23)13(7-14)8-21(2,17-10-28-31-30-17)34-20(24)27-12-22/h1,4-5,7,9-11H,6,8,12H2,2H3,(H2,24,27)(H,29,32)(H,28,30,31)/t21-/m1/s1. The predicted octanol–water partition coefficient (Wildman–Crippen LogP) is 2.43. The number of nitrogens with one attached hydrogen (secondary N) is 2. The number of carbonyl (C=O) groups excluding carboxylic acids is 1. The van der Waals surface area contributed by atoms with Gasteiger partial charge in [0.15, 0.2) is 18.6 Å². The first-order chi connectivity index (χ1) is 16.3. The van der Waals surface area contributed by atoms with E-state index >= 15 is 0 Å². The van der Waals surface area contributed by atoms with Crippen LogP contribution in [0.4, 0.5) is 14.5 Å². The van der Waals surface area contributed by atoms with Gasteiger partial charge in [-0.05, 0) is 37.1 Å². The molecule has 0 aliphatic rings. The minimum atomic E-state index is -0.983. The summed E-state index contributed by atoms with van der Waals surface area (Å²) in [4.78, 5) is 24.0. The Morgan fingerprint density at radius 1 is 1.41 bits per heavy atom. The first-order valence-corrected chi connectivity index (χ1v) is 10.6. The third kappa shape index (κ3) is 6.26. The van der Waals surface area contributed by atoms with E-state index in [-0.39, 0.29) is 35.3 Å². The summed E-state index contributed by atoms with van der Waals surface area (Å²) in [6, 6.07) is 4.11. The zero-order chi connectivity index (χ0) is 24.6. The van der Waals surface area contributed by atoms with Crippen molar-refractivity contribution in [3.8, 4) is 18.2 Å². The largest absolute Gasteiger partial charge is 0.463 e. The van der Waals surface area contributed by atoms with Crippen LogP contribution in [0.1, 0.15) is 28.7 Å². The maximum absolute atomic E-state index is 14.7. The highest BCUT2D eigenvalue weighted by atomic mass is 32.2. The van der Waals surface area contributed by atoms with Crippen LogP contribution in [0.3, 0.4) is 0 Å². The molecule has 34 heavy (non-hydrogen) atoms. The van der Waals surface area contributed by atoms with Crippen molar-refractivity contribution in [1.29, 1.82) is 0 Å². The lowest BCUT2D eigenvalue weighted by molar-refractivity contribution is 0.102. The van der Waals surface area contributed by atoms with Crippen LogP contribution in [0.5, 0.6) is 5.88 Å². The van der Waals surface area contributed by atoms with Gasteiger partial charge in [-0.2, -0.15) is 0 Å². The van der Waals surface area contributed by atoms with Crippen molar-refractivity contribution in [3.63, 3.8) is 0 Å². The molecule has 176 valence electrons. The van der Waals surface area contributed by atoms with E-state index in [1.807, 2.05) is 0 Å². The summed E-state index contributed by atoms with van der Waals surface area (Å²) >= 11 is 1.03. The minimum absolute atomic E-state index is 0.0221. The second kappa shape index (κ2) is 11.2. The Morgan fingerprint density at radius 2 is 2.24 bits per heavy atom. The van der Waals surface area contributed by atoms with Crippen molar-refractivity contribution < 1.29 is 18.3 Å². The molecular formula is C21H20F2N8O2S. The molecule has 13 heteroatoms. The molecule has 0 aliphatic carbocycles. The van der Waals surface area contributed by atoms with Gasteiger partial charge in [0.1, 0.15) is 11.5 Å². The molecule has 2 heterocycles. The number of alkyl halides is 1. The zero-order valence-electron chi connectivity index (χ0n) is 18.0. The summed E-state index contributed by atoms with van der Waals surface area (Å²) < 4.78 is 31.5. The molecule has 3 aromatic rings. The number of rotatable bonds is 9. The maximum Gasteiger partial charge on any atom is 0.275 e. The normalized spacial score (nSPS) is 13.1. The summed E-state index contributed by atoms with van der Waals surface area (Å²) in [6.07, 6.45) is 9.24. The fraction of sp³-hybridized carbons (Fsp3) is 0.238. The summed E-state index contributed by atoms with van der Waals surface area (Å²) in [7, 11) is 0. The highest BCUT2D eigenvalue weighted by Gasteiger charge is 2.33. The number of aliphatic imine (C=N–C) groups is 1. The van der Waals surface area contributed by atoms with Gasteiger partial charge in [0.25, 0.3) is 5.91 Å². The van der Waals surface area contributed by atoms with Crippen LogP contribution in [-0.4, -0.2) is 49.9 Å². The molecule has 0 fully saturated rings. The predicted molar refractivity (Wildman–Crippen MR) is 123 cm³/mol. The molecule has 4 N–H and O–H groups in total. The summed E-state index contributed by atoms with van der Waals surface area (Å²) in [5.74, 6) is 1.41. The molecule has 0 bridgehead atoms. The lowest BCUT2D eigenvalue weighted by atomic mass is 9.96. The van der Waals surface area contributed by atoms with Crippen molar-refractivity contribution in [1.82, 2.24) is 25.4 Å². The topological polar surface area (TPSA) is 144 Å². The van der Waals surface area contributed by atoms with E-state index in [1.165, 1.54) is 36.8 Å². The van der Waals surface area contributed by atoms with Crippen LogP contribution in [0.25, 0.3) is 0 Å². The van der Waals surface area contributed by atoms with Gasteiger partial charge in [0, 0.05) is 11.9 Å². The van der Waals surface area contributed by atoms with Crippen molar-refractivity contribution in [2.75, 3.05) is 18.7 Å². The number of anilines is 1. The average molecular weight is 487 g/mol. The lowest BCUT2D eigenvalue weighted by Crippen LogP contribution is -2.27. The number of benzene rings is 1. The Bertz CT molecular complexity index is 1200. The van der Waals surface area contributed by atoms with E-state index in [9.17, 15) is 13.6 Å². The van der Waals surface area contributed by atoms with Gasteiger partial charge in [0.2, 0.25) is 5.88 Å². The molecular weight excluding hydrogens is 466 g/mol. The summed E-state index contributed by atoms with van der Waals surface area (Å²) in [5, 5.41) is 12.9. The van der Waals surface area contributed by atoms with Gasteiger partial charge in [-0.1, -0.05) is 22.9 Å². The van der Waals surface area contributed by atoms with Crippen LogP contribution >= 0.6 is 11.8 Å². The summed E-state index contributed by atoms with van der Waals surface area (Å²) in [6.45, 7) is 0.791. The smallest absolute Gasteiger partial charge is 0.275 e. The fourth-order valence-corrected chi connectivity index (χ4v) is 3.94. The Morgan fingerprint density at radius 3 is 2.88 bits per heavy atom. The Hall–Kier alpha value is -4.05. The van der Waals surface area contributed by atoms with Crippen LogP contribution in [0.15, 0.2) is 41.8 Å². The summed E-state index contributed by atoms with van der Waals surface area (Å²) in [5.41, 5.74) is 6.87. The van der Waals surface area contributed by atoms with Crippen molar-refractivity contribution in [2.24, 2.45) is 10.7 Å². The van der Waals surface area contributed by atoms with Crippen LogP contribution in [-0.2, 0) is 11.2 Å². The number of carbonyl (C=O) groups is 1. The second-order valence-electron chi connectivity index (χ2n) is 6.98. The number of amides is 1. The number of hydrogen-bond donors (Lipinski definition) is 3. The van der Waals surface area contributed by atoms with Crippen LogP contribution < -0.4 is 15.8 Å². The molecule has 0 saturated heterocycles. The number of thioether (sulfide) groups is 1. The zero-order valence-corrected chi connectivity index (χ0v) is 18.8. The number of aromatic amines is 1. The number of H-pyrrole nitrogens is 1. The number of terminal acetylenes is 1. The molecule has 10 nitrogen and oxygen atoms in total. The monoisotopic (exact) mass is 486 g/mol. The number of amidine groups is 1. The molecule has 3 rings (SSSR count). The van der Waals surface area contributed by atoms with E-state index in [2.05, 4.69) is 41.6 Å². The number of ether oxygens (including phenoxy) is 1. The van der Waals surface area contributed by atoms with E-state index in [0.717, 1.165) is 11.8 Å². The number of aromatic nitrogens is 5. The molecule has 1 aromatic carbocycles. The van der Waals surface area contributed by atoms with Gasteiger partial charge in [-0.25, -0.2) is 23.7 Å². The quantitative estimate of drug-likeness (QED) is 0.181. The Kier molecular flexibility index (Phi) is 8.10. The van der Waals surface area contributed by atoms with E-state index < -0.39 is 23.3 Å². The molecule has 0 aliphatic heterocycles. The number of hydrogen-bond acceptors (Lipinski definition) is 8. The molecule has 2 aromatic heterocycles. The van der Waals surface area contributed by atoms with Gasteiger partial charge < -0.3 is 15.8 Å². The number of nitrogens with zero attached hydrogens (tertiary/aromatic N) is 5. The molecule has 1 atom stereocenters. The molecule has 0 saturated carbocycles.